The van der Waals surface area contributed by atoms with Gasteiger partial charge in [0, 0.05) is 6.92 Å². The van der Waals surface area contributed by atoms with Crippen LogP contribution in [0.5, 0.6) is 5.75 Å². The summed E-state index contributed by atoms with van der Waals surface area (Å²) in [5.41, 5.74) is 0.146. The van der Waals surface area contributed by atoms with Crippen LogP contribution in [0.2, 0.25) is 0 Å². The fourth-order valence-electron chi connectivity index (χ4n) is 1.62. The quantitative estimate of drug-likeness (QED) is 0.778. The van der Waals surface area contributed by atoms with E-state index in [1.165, 1.54) is 6.92 Å². The fourth-order valence-corrected chi connectivity index (χ4v) is 1.62. The van der Waals surface area contributed by atoms with Gasteiger partial charge in [0.2, 0.25) is 5.91 Å². The van der Waals surface area contributed by atoms with Gasteiger partial charge in [0.05, 0.1) is 5.69 Å². The molecule has 0 bridgehead atoms. The summed E-state index contributed by atoms with van der Waals surface area (Å²) in [6.45, 7) is 4.79. The Kier molecular flexibility index (Phi) is 2.53. The topological polar surface area (TPSA) is 67.4 Å². The number of hydrogen-bond donors (Lipinski definition) is 2. The van der Waals surface area contributed by atoms with Crippen LogP contribution in [0.3, 0.4) is 0 Å². The zero-order chi connectivity index (χ0) is 12.6. The van der Waals surface area contributed by atoms with E-state index in [4.69, 9.17) is 4.74 Å². The van der Waals surface area contributed by atoms with Crippen molar-refractivity contribution in [3.8, 4) is 5.75 Å². The van der Waals surface area contributed by atoms with Gasteiger partial charge in [-0.2, -0.15) is 0 Å². The lowest BCUT2D eigenvalue weighted by atomic mass is 10.1. The molecule has 0 atom stereocenters. The van der Waals surface area contributed by atoms with Gasteiger partial charge in [0.15, 0.2) is 5.60 Å². The van der Waals surface area contributed by atoms with E-state index >= 15 is 0 Å². The minimum atomic E-state index is -0.901. The van der Waals surface area contributed by atoms with E-state index in [2.05, 4.69) is 10.6 Å². The van der Waals surface area contributed by atoms with Crippen LogP contribution >= 0.6 is 0 Å². The summed E-state index contributed by atoms with van der Waals surface area (Å²) in [4.78, 5) is 22.8. The van der Waals surface area contributed by atoms with Crippen LogP contribution in [-0.4, -0.2) is 17.4 Å². The molecule has 1 aliphatic rings. The summed E-state index contributed by atoms with van der Waals surface area (Å²) >= 11 is 0. The van der Waals surface area contributed by atoms with Gasteiger partial charge in [-0.05, 0) is 26.0 Å². The molecule has 0 radical (unpaired) electrons. The average molecular weight is 234 g/mol. The van der Waals surface area contributed by atoms with Crippen LogP contribution in [0, 0.1) is 0 Å². The van der Waals surface area contributed by atoms with Gasteiger partial charge in [-0.15, -0.1) is 0 Å². The van der Waals surface area contributed by atoms with Crippen LogP contribution < -0.4 is 15.4 Å². The number of nitrogens with one attached hydrogen (secondary N) is 2. The monoisotopic (exact) mass is 234 g/mol. The second-order valence-electron chi connectivity index (χ2n) is 4.43. The van der Waals surface area contributed by atoms with Gasteiger partial charge in [-0.1, -0.05) is 6.07 Å². The van der Waals surface area contributed by atoms with Crippen molar-refractivity contribution in [3.05, 3.63) is 18.2 Å². The first-order valence-corrected chi connectivity index (χ1v) is 5.31. The van der Waals surface area contributed by atoms with Crippen molar-refractivity contribution in [2.45, 2.75) is 26.4 Å². The van der Waals surface area contributed by atoms with Crippen molar-refractivity contribution in [1.82, 2.24) is 0 Å². The number of rotatable bonds is 1. The molecular weight excluding hydrogens is 220 g/mol. The molecule has 0 fully saturated rings. The number of carbonyl (C=O) groups excluding carboxylic acids is 2. The van der Waals surface area contributed by atoms with Crippen molar-refractivity contribution in [2.24, 2.45) is 0 Å². The van der Waals surface area contributed by atoms with Crippen LogP contribution in [0.25, 0.3) is 0 Å². The van der Waals surface area contributed by atoms with Crippen molar-refractivity contribution in [1.29, 1.82) is 0 Å². The first kappa shape index (κ1) is 11.4. The molecule has 17 heavy (non-hydrogen) atoms. The van der Waals surface area contributed by atoms with Gasteiger partial charge in [-0.3, -0.25) is 9.59 Å². The average Bonchev–Trinajstić information content (AvgIpc) is 2.19. The molecule has 1 aromatic carbocycles. The molecule has 2 N–H and O–H groups in total. The van der Waals surface area contributed by atoms with Gasteiger partial charge in [0.25, 0.3) is 5.91 Å². The third-order valence-electron chi connectivity index (χ3n) is 2.49. The van der Waals surface area contributed by atoms with Gasteiger partial charge in [0.1, 0.15) is 11.4 Å². The lowest BCUT2D eigenvalue weighted by Gasteiger charge is -2.32. The van der Waals surface area contributed by atoms with Crippen molar-refractivity contribution >= 4 is 23.2 Å². The molecule has 2 amide bonds. The molecule has 0 spiro atoms. The second kappa shape index (κ2) is 3.76. The maximum atomic E-state index is 11.8. The Hall–Kier alpha value is -2.04. The molecule has 5 nitrogen and oxygen atoms in total. The molecule has 90 valence electrons. The number of para-hydroxylation sites is 1. The summed E-state index contributed by atoms with van der Waals surface area (Å²) in [6.07, 6.45) is 0. The van der Waals surface area contributed by atoms with E-state index in [1.54, 1.807) is 32.0 Å². The number of ether oxygens (including phenoxy) is 1. The van der Waals surface area contributed by atoms with Crippen LogP contribution in [0.1, 0.15) is 20.8 Å². The normalized spacial score (nSPS) is 16.5. The smallest absolute Gasteiger partial charge is 0.268 e. The Labute approximate surface area is 99.2 Å². The van der Waals surface area contributed by atoms with Crippen molar-refractivity contribution in [3.63, 3.8) is 0 Å². The molecule has 5 heteroatoms. The number of benzene rings is 1. The minimum absolute atomic E-state index is 0.197. The minimum Gasteiger partial charge on any atom is -0.476 e. The highest BCUT2D eigenvalue weighted by Crippen LogP contribution is 2.38. The standard InChI is InChI=1S/C12H14N2O3/c1-7(15)13-8-5-4-6-9-10(8)14-11(16)12(2,3)17-9/h4-6H,1-3H3,(H,13,15)(H,14,16). The predicted molar refractivity (Wildman–Crippen MR) is 64.1 cm³/mol. The number of anilines is 2. The fraction of sp³-hybridized carbons (Fsp3) is 0.333. The van der Waals surface area contributed by atoms with E-state index in [9.17, 15) is 9.59 Å². The molecule has 0 saturated carbocycles. The van der Waals surface area contributed by atoms with Gasteiger partial charge in [-0.25, -0.2) is 0 Å². The number of carbonyl (C=O) groups is 2. The van der Waals surface area contributed by atoms with Crippen molar-refractivity contribution < 1.29 is 14.3 Å². The lowest BCUT2D eigenvalue weighted by Crippen LogP contribution is -2.45. The molecular formula is C12H14N2O3. The summed E-state index contributed by atoms with van der Waals surface area (Å²) in [7, 11) is 0. The molecule has 1 aliphatic heterocycles. The number of hydrogen-bond acceptors (Lipinski definition) is 3. The Bertz CT molecular complexity index is 495. The van der Waals surface area contributed by atoms with E-state index in [0.29, 0.717) is 17.1 Å². The maximum absolute atomic E-state index is 11.8. The Morgan fingerprint density at radius 3 is 2.76 bits per heavy atom. The van der Waals surface area contributed by atoms with E-state index in [-0.39, 0.29) is 11.8 Å². The summed E-state index contributed by atoms with van der Waals surface area (Å²) in [5.74, 6) is 0.126. The van der Waals surface area contributed by atoms with Gasteiger partial charge < -0.3 is 15.4 Å². The van der Waals surface area contributed by atoms with E-state index in [1.807, 2.05) is 0 Å². The molecule has 0 saturated heterocycles. The number of fused-ring (bicyclic) bond motifs is 1. The molecule has 0 unspecified atom stereocenters. The largest absolute Gasteiger partial charge is 0.476 e. The lowest BCUT2D eigenvalue weighted by molar-refractivity contribution is -0.129. The zero-order valence-corrected chi connectivity index (χ0v) is 9.96. The Morgan fingerprint density at radius 2 is 2.12 bits per heavy atom. The van der Waals surface area contributed by atoms with Gasteiger partial charge >= 0.3 is 0 Å². The first-order valence-electron chi connectivity index (χ1n) is 5.31. The highest BCUT2D eigenvalue weighted by atomic mass is 16.5. The SMILES string of the molecule is CC(=O)Nc1cccc2c1NC(=O)C(C)(C)O2. The predicted octanol–water partition coefficient (Wildman–Crippen LogP) is 1.75. The molecule has 0 aliphatic carbocycles. The third-order valence-corrected chi connectivity index (χ3v) is 2.49. The van der Waals surface area contributed by atoms with Crippen LogP contribution in [0.4, 0.5) is 11.4 Å². The molecule has 1 aromatic rings. The zero-order valence-electron chi connectivity index (χ0n) is 9.96. The summed E-state index contributed by atoms with van der Waals surface area (Å²) in [6, 6.07) is 5.22. The molecule has 2 rings (SSSR count). The Morgan fingerprint density at radius 1 is 1.41 bits per heavy atom. The summed E-state index contributed by atoms with van der Waals surface area (Å²) in [5, 5.41) is 5.39. The maximum Gasteiger partial charge on any atom is 0.268 e. The highest BCUT2D eigenvalue weighted by molar-refractivity contribution is 6.05. The summed E-state index contributed by atoms with van der Waals surface area (Å²) < 4.78 is 5.59. The van der Waals surface area contributed by atoms with Crippen molar-refractivity contribution in [2.75, 3.05) is 10.6 Å². The van der Waals surface area contributed by atoms with E-state index < -0.39 is 5.60 Å². The van der Waals surface area contributed by atoms with Crippen LogP contribution in [0.15, 0.2) is 18.2 Å². The third kappa shape index (κ3) is 2.08. The second-order valence-corrected chi connectivity index (χ2v) is 4.43. The van der Waals surface area contributed by atoms with E-state index in [0.717, 1.165) is 0 Å². The highest BCUT2D eigenvalue weighted by Gasteiger charge is 2.36. The molecule has 0 aromatic heterocycles. The first-order chi connectivity index (χ1) is 7.90. The Balaban J connectivity index is 2.43. The molecule has 1 heterocycles. The van der Waals surface area contributed by atoms with Crippen LogP contribution in [-0.2, 0) is 9.59 Å². The number of amides is 2.